The molecular weight excluding hydrogens is 868 g/mol. The minimum atomic E-state index is -4.45. The highest BCUT2D eigenvalue weighted by molar-refractivity contribution is 7.47. The monoisotopic (exact) mass is 978 g/mol. The summed E-state index contributed by atoms with van der Waals surface area (Å²) in [5.41, 5.74) is 0. The van der Waals surface area contributed by atoms with Gasteiger partial charge in [0.15, 0.2) is 0 Å². The number of unbranched alkanes of at least 4 members (excludes halogenated alkanes) is 29. The van der Waals surface area contributed by atoms with E-state index in [1.807, 2.05) is 33.3 Å². The van der Waals surface area contributed by atoms with Gasteiger partial charge in [-0.15, -0.1) is 0 Å². The zero-order valence-electron chi connectivity index (χ0n) is 45.3. The Morgan fingerprint density at radius 1 is 0.515 bits per heavy atom. The quantitative estimate of drug-likeness (QED) is 0.0205. The van der Waals surface area contributed by atoms with Gasteiger partial charge >= 0.3 is 13.8 Å². The Bertz CT molecular complexity index is 1310. The van der Waals surface area contributed by atoms with Crippen molar-refractivity contribution in [3.05, 3.63) is 48.6 Å². The standard InChI is InChI=1S/C58H109N2O7P/c1-7-10-13-16-19-22-25-27-29-30-31-32-35-38-41-44-47-50-57(61)59-55(54-66-68(63,64)65-53-52-60(4,5)6)56(49-46-43-40-37-34-24-21-18-15-12-9-3)67-58(62)51-48-45-42-39-36-33-28-26-23-20-17-14-11-8-2/h19,22,27,29,31-32,46,49,55-56H,7-18,20-21,23-26,28,30,33-45,47-48,50-54H2,1-6H3,(H-,59,61,63,64)/p+1/b22-19-,29-27-,32-31-,49-46+. The predicted octanol–water partition coefficient (Wildman–Crippen LogP) is 16.9. The molecule has 3 unspecified atom stereocenters. The van der Waals surface area contributed by atoms with Crippen LogP contribution in [0.2, 0.25) is 0 Å². The number of nitrogens with one attached hydrogen (secondary N) is 1. The molecule has 3 atom stereocenters. The highest BCUT2D eigenvalue weighted by atomic mass is 31.2. The Morgan fingerprint density at radius 3 is 1.37 bits per heavy atom. The first-order valence-corrected chi connectivity index (χ1v) is 30.0. The molecule has 0 saturated heterocycles. The highest BCUT2D eigenvalue weighted by Crippen LogP contribution is 2.43. The minimum absolute atomic E-state index is 0.0362. The number of carbonyl (C=O) groups excluding carboxylic acids is 2. The Hall–Kier alpha value is -2.03. The molecule has 0 aliphatic heterocycles. The number of phosphoric ester groups is 1. The van der Waals surface area contributed by atoms with E-state index in [0.717, 1.165) is 83.5 Å². The number of phosphoric acid groups is 1. The summed E-state index contributed by atoms with van der Waals surface area (Å²) < 4.78 is 30.6. The summed E-state index contributed by atoms with van der Waals surface area (Å²) in [6.07, 6.45) is 58.1. The van der Waals surface area contributed by atoms with Crippen LogP contribution in [0.15, 0.2) is 48.6 Å². The molecule has 2 N–H and O–H groups in total. The number of nitrogens with zero attached hydrogens (tertiary/aromatic N) is 1. The van der Waals surface area contributed by atoms with Gasteiger partial charge in [0.25, 0.3) is 0 Å². The van der Waals surface area contributed by atoms with Crippen LogP contribution in [0.25, 0.3) is 0 Å². The summed E-state index contributed by atoms with van der Waals surface area (Å²) in [5, 5.41) is 3.03. The summed E-state index contributed by atoms with van der Waals surface area (Å²) >= 11 is 0. The molecule has 1 amide bonds. The van der Waals surface area contributed by atoms with E-state index in [-0.39, 0.29) is 31.5 Å². The number of hydrogen-bond acceptors (Lipinski definition) is 6. The number of carbonyl (C=O) groups is 2. The molecule has 0 spiro atoms. The molecule has 0 aliphatic carbocycles. The maximum atomic E-state index is 13.5. The van der Waals surface area contributed by atoms with Crippen molar-refractivity contribution in [2.45, 2.75) is 270 Å². The molecule has 0 heterocycles. The number of rotatable bonds is 51. The summed E-state index contributed by atoms with van der Waals surface area (Å²) in [6.45, 7) is 6.96. The third-order valence-corrected chi connectivity index (χ3v) is 13.5. The Kier molecular flexibility index (Phi) is 47.1. The van der Waals surface area contributed by atoms with E-state index in [2.05, 4.69) is 62.5 Å². The molecule has 0 aromatic carbocycles. The van der Waals surface area contributed by atoms with Crippen molar-refractivity contribution in [2.24, 2.45) is 0 Å². The van der Waals surface area contributed by atoms with Gasteiger partial charge in [0, 0.05) is 12.8 Å². The predicted molar refractivity (Wildman–Crippen MR) is 291 cm³/mol. The van der Waals surface area contributed by atoms with E-state index >= 15 is 0 Å². The van der Waals surface area contributed by atoms with E-state index in [1.54, 1.807) is 0 Å². The number of ether oxygens (including phenoxy) is 1. The van der Waals surface area contributed by atoms with E-state index in [4.69, 9.17) is 13.8 Å². The molecule has 0 bridgehead atoms. The van der Waals surface area contributed by atoms with E-state index < -0.39 is 20.0 Å². The molecule has 10 heteroatoms. The lowest BCUT2D eigenvalue weighted by atomic mass is 10.0. The minimum Gasteiger partial charge on any atom is -0.456 e. The van der Waals surface area contributed by atoms with Crippen molar-refractivity contribution >= 4 is 19.7 Å². The largest absolute Gasteiger partial charge is 0.472 e. The van der Waals surface area contributed by atoms with Gasteiger partial charge in [-0.25, -0.2) is 4.57 Å². The molecule has 398 valence electrons. The molecule has 0 aromatic rings. The van der Waals surface area contributed by atoms with Crippen molar-refractivity contribution in [1.29, 1.82) is 0 Å². The summed E-state index contributed by atoms with van der Waals surface area (Å²) in [7, 11) is 1.48. The van der Waals surface area contributed by atoms with Crippen LogP contribution in [0, 0.1) is 0 Å². The van der Waals surface area contributed by atoms with Crippen LogP contribution in [-0.4, -0.2) is 74.3 Å². The molecule has 68 heavy (non-hydrogen) atoms. The van der Waals surface area contributed by atoms with Gasteiger partial charge in [-0.1, -0.05) is 224 Å². The average molecular weight is 978 g/mol. The van der Waals surface area contributed by atoms with Crippen LogP contribution in [0.1, 0.15) is 258 Å². The number of likely N-dealkylation sites (N-methyl/N-ethyl adjacent to an activating group) is 1. The van der Waals surface area contributed by atoms with Crippen molar-refractivity contribution in [3.8, 4) is 0 Å². The van der Waals surface area contributed by atoms with Crippen LogP contribution in [0.5, 0.6) is 0 Å². The molecule has 0 fully saturated rings. The van der Waals surface area contributed by atoms with Crippen molar-refractivity contribution in [1.82, 2.24) is 5.32 Å². The van der Waals surface area contributed by atoms with E-state index in [1.165, 1.54) is 141 Å². The first-order valence-electron chi connectivity index (χ1n) is 28.5. The smallest absolute Gasteiger partial charge is 0.456 e. The summed E-state index contributed by atoms with van der Waals surface area (Å²) in [4.78, 5) is 37.5. The van der Waals surface area contributed by atoms with Crippen molar-refractivity contribution in [2.75, 3.05) is 40.9 Å². The maximum absolute atomic E-state index is 13.5. The fourth-order valence-corrected chi connectivity index (χ4v) is 8.80. The van der Waals surface area contributed by atoms with Gasteiger partial charge in [0.05, 0.1) is 33.8 Å². The number of quaternary nitrogens is 1. The molecule has 9 nitrogen and oxygen atoms in total. The van der Waals surface area contributed by atoms with E-state index in [9.17, 15) is 19.0 Å². The number of hydrogen-bond donors (Lipinski definition) is 2. The highest BCUT2D eigenvalue weighted by Gasteiger charge is 2.30. The van der Waals surface area contributed by atoms with Crippen LogP contribution < -0.4 is 5.32 Å². The second kappa shape index (κ2) is 48.6. The Balaban J connectivity index is 5.36. The number of amides is 1. The van der Waals surface area contributed by atoms with Crippen molar-refractivity contribution in [3.63, 3.8) is 0 Å². The van der Waals surface area contributed by atoms with Gasteiger partial charge in [0.1, 0.15) is 19.3 Å². The van der Waals surface area contributed by atoms with Crippen molar-refractivity contribution < 1.29 is 37.3 Å². The zero-order chi connectivity index (χ0) is 50.1. The van der Waals surface area contributed by atoms with Crippen LogP contribution >= 0.6 is 7.82 Å². The Labute approximate surface area is 420 Å². The number of esters is 1. The van der Waals surface area contributed by atoms with E-state index in [0.29, 0.717) is 17.4 Å². The lowest BCUT2D eigenvalue weighted by Crippen LogP contribution is -2.47. The maximum Gasteiger partial charge on any atom is 0.472 e. The first kappa shape index (κ1) is 66.0. The fourth-order valence-electron chi connectivity index (χ4n) is 8.06. The van der Waals surface area contributed by atoms with Gasteiger partial charge in [0.2, 0.25) is 5.91 Å². The molecular formula is C58H110N2O7P+. The zero-order valence-corrected chi connectivity index (χ0v) is 46.2. The van der Waals surface area contributed by atoms with Gasteiger partial charge in [-0.3, -0.25) is 18.6 Å². The molecule has 0 saturated carbocycles. The molecule has 0 aliphatic rings. The molecule has 0 rings (SSSR count). The molecule has 0 aromatic heterocycles. The van der Waals surface area contributed by atoms with Crippen LogP contribution in [0.4, 0.5) is 0 Å². The lowest BCUT2D eigenvalue weighted by molar-refractivity contribution is -0.870. The lowest BCUT2D eigenvalue weighted by Gasteiger charge is -2.27. The second-order valence-electron chi connectivity index (χ2n) is 20.5. The topological polar surface area (TPSA) is 111 Å². The van der Waals surface area contributed by atoms with Crippen LogP contribution in [0.3, 0.4) is 0 Å². The van der Waals surface area contributed by atoms with Gasteiger partial charge in [-0.2, -0.15) is 0 Å². The normalized spacial score (nSPS) is 14.2. The SMILES string of the molecule is CCCCC/C=C\C/C=C\C/C=C\CCCCCCC(=O)NC(COP(=O)(O)OCC[N+](C)(C)C)C(/C=C/CCCCCCCCCCC)OC(=O)CCCCCCCCCCCCCCCC. The summed E-state index contributed by atoms with van der Waals surface area (Å²) in [5.74, 6) is -0.525. The van der Waals surface area contributed by atoms with Gasteiger partial charge < -0.3 is 19.4 Å². The fraction of sp³-hybridized carbons (Fsp3) is 0.828. The summed E-state index contributed by atoms with van der Waals surface area (Å²) in [6, 6.07) is -0.856. The third kappa shape index (κ3) is 49.0. The third-order valence-electron chi connectivity index (χ3n) is 12.5. The second-order valence-corrected chi connectivity index (χ2v) is 21.9. The number of allylic oxidation sites excluding steroid dienone is 7. The first-order chi connectivity index (χ1) is 32.9. The Morgan fingerprint density at radius 2 is 0.897 bits per heavy atom. The average Bonchev–Trinajstić information content (AvgIpc) is 3.29. The van der Waals surface area contributed by atoms with Crippen LogP contribution in [-0.2, 0) is 27.9 Å². The van der Waals surface area contributed by atoms with Gasteiger partial charge in [-0.05, 0) is 70.3 Å². The molecule has 0 radical (unpaired) electrons.